The maximum Gasteiger partial charge on any atom is 0.256 e. The van der Waals surface area contributed by atoms with E-state index in [4.69, 9.17) is 4.42 Å². The number of anilines is 2. The SMILES string of the molecule is CN1CC2CN(c3ccco3)C(=O)C3=CC(C(=O)Nc4ccccc4)=CCC3C2C1. The second kappa shape index (κ2) is 7.61. The first-order chi connectivity index (χ1) is 14.6. The fourth-order valence-corrected chi connectivity index (χ4v) is 5.08. The smallest absolute Gasteiger partial charge is 0.256 e. The number of fused-ring (bicyclic) bond motifs is 3. The molecule has 1 N–H and O–H groups in total. The highest BCUT2D eigenvalue weighted by molar-refractivity contribution is 6.11. The molecule has 0 saturated carbocycles. The van der Waals surface area contributed by atoms with Crippen LogP contribution >= 0.6 is 0 Å². The predicted molar refractivity (Wildman–Crippen MR) is 115 cm³/mol. The second-order valence-corrected chi connectivity index (χ2v) is 8.43. The quantitative estimate of drug-likeness (QED) is 0.854. The van der Waals surface area contributed by atoms with Gasteiger partial charge in [0.1, 0.15) is 0 Å². The van der Waals surface area contributed by atoms with E-state index >= 15 is 0 Å². The lowest BCUT2D eigenvalue weighted by Crippen LogP contribution is -2.36. The monoisotopic (exact) mass is 403 g/mol. The fraction of sp³-hybridized carbons (Fsp3) is 0.333. The largest absolute Gasteiger partial charge is 0.448 e. The molecule has 2 aliphatic heterocycles. The van der Waals surface area contributed by atoms with Gasteiger partial charge in [0.2, 0.25) is 5.88 Å². The van der Waals surface area contributed by atoms with Crippen LogP contribution in [0.15, 0.2) is 76.4 Å². The molecule has 3 heterocycles. The fourth-order valence-electron chi connectivity index (χ4n) is 5.08. The number of allylic oxidation sites excluding steroid dienone is 1. The van der Waals surface area contributed by atoms with E-state index < -0.39 is 0 Å². The molecule has 2 aromatic rings. The first-order valence-electron chi connectivity index (χ1n) is 10.4. The zero-order chi connectivity index (χ0) is 20.7. The summed E-state index contributed by atoms with van der Waals surface area (Å²) < 4.78 is 5.58. The molecule has 154 valence electrons. The number of carbonyl (C=O) groups excluding carboxylic acids is 2. The Labute approximate surface area is 175 Å². The van der Waals surface area contributed by atoms with Crippen LogP contribution in [0.5, 0.6) is 0 Å². The van der Waals surface area contributed by atoms with Gasteiger partial charge in [0.25, 0.3) is 11.8 Å². The Morgan fingerprint density at radius 2 is 1.93 bits per heavy atom. The number of benzene rings is 1. The highest BCUT2D eigenvalue weighted by atomic mass is 16.3. The summed E-state index contributed by atoms with van der Waals surface area (Å²) in [6.07, 6.45) is 6.08. The molecule has 0 bridgehead atoms. The van der Waals surface area contributed by atoms with Gasteiger partial charge in [-0.3, -0.25) is 14.5 Å². The van der Waals surface area contributed by atoms with Crippen LogP contribution in [-0.2, 0) is 9.59 Å². The molecule has 30 heavy (non-hydrogen) atoms. The summed E-state index contributed by atoms with van der Waals surface area (Å²) in [7, 11) is 2.13. The summed E-state index contributed by atoms with van der Waals surface area (Å²) >= 11 is 0. The summed E-state index contributed by atoms with van der Waals surface area (Å²) in [5, 5.41) is 2.93. The van der Waals surface area contributed by atoms with Crippen LogP contribution in [0.1, 0.15) is 6.42 Å². The van der Waals surface area contributed by atoms with Crippen LogP contribution < -0.4 is 10.2 Å². The molecule has 0 radical (unpaired) electrons. The molecule has 1 aromatic carbocycles. The third-order valence-corrected chi connectivity index (χ3v) is 6.47. The van der Waals surface area contributed by atoms with Crippen LogP contribution in [0, 0.1) is 17.8 Å². The van der Waals surface area contributed by atoms with Gasteiger partial charge >= 0.3 is 0 Å². The van der Waals surface area contributed by atoms with Crippen molar-refractivity contribution >= 4 is 23.4 Å². The number of furan rings is 1. The van der Waals surface area contributed by atoms with Crippen molar-refractivity contribution < 1.29 is 14.0 Å². The zero-order valence-electron chi connectivity index (χ0n) is 17.0. The van der Waals surface area contributed by atoms with Crippen molar-refractivity contribution in [3.05, 3.63) is 72.0 Å². The van der Waals surface area contributed by atoms with E-state index in [1.807, 2.05) is 42.5 Å². The lowest BCUT2D eigenvalue weighted by Gasteiger charge is -2.27. The predicted octanol–water partition coefficient (Wildman–Crippen LogP) is 3.32. The second-order valence-electron chi connectivity index (χ2n) is 8.43. The van der Waals surface area contributed by atoms with Gasteiger partial charge in [0, 0.05) is 42.5 Å². The molecule has 2 fully saturated rings. The van der Waals surface area contributed by atoms with Gasteiger partial charge < -0.3 is 14.6 Å². The Balaban J connectivity index is 1.47. The molecule has 6 nitrogen and oxygen atoms in total. The summed E-state index contributed by atoms with van der Waals surface area (Å²) in [4.78, 5) is 30.5. The van der Waals surface area contributed by atoms with Gasteiger partial charge in [0.15, 0.2) is 0 Å². The number of para-hydroxylation sites is 1. The van der Waals surface area contributed by atoms with E-state index in [1.165, 1.54) is 0 Å². The minimum atomic E-state index is -0.186. The summed E-state index contributed by atoms with van der Waals surface area (Å²) in [5.41, 5.74) is 2.00. The average Bonchev–Trinajstić information content (AvgIpc) is 3.39. The van der Waals surface area contributed by atoms with Crippen molar-refractivity contribution in [3.8, 4) is 0 Å². The molecule has 3 aliphatic rings. The van der Waals surface area contributed by atoms with Crippen LogP contribution in [0.4, 0.5) is 11.6 Å². The maximum absolute atomic E-state index is 13.5. The van der Waals surface area contributed by atoms with Crippen molar-refractivity contribution in [2.24, 2.45) is 17.8 Å². The van der Waals surface area contributed by atoms with Crippen LogP contribution in [0.2, 0.25) is 0 Å². The van der Waals surface area contributed by atoms with Crippen molar-refractivity contribution in [1.29, 1.82) is 0 Å². The number of carbonyl (C=O) groups is 2. The van der Waals surface area contributed by atoms with E-state index in [0.29, 0.717) is 36.3 Å². The third-order valence-electron chi connectivity index (χ3n) is 6.47. The Morgan fingerprint density at radius 3 is 2.70 bits per heavy atom. The first kappa shape index (κ1) is 18.9. The van der Waals surface area contributed by atoms with Crippen LogP contribution in [0.3, 0.4) is 0 Å². The molecule has 5 rings (SSSR count). The molecule has 1 aromatic heterocycles. The average molecular weight is 403 g/mol. The lowest BCUT2D eigenvalue weighted by molar-refractivity contribution is -0.115. The Bertz CT molecular complexity index is 1010. The maximum atomic E-state index is 13.5. The highest BCUT2D eigenvalue weighted by Crippen LogP contribution is 2.43. The molecule has 0 spiro atoms. The number of hydrogen-bond acceptors (Lipinski definition) is 4. The number of hydrogen-bond donors (Lipinski definition) is 1. The van der Waals surface area contributed by atoms with Crippen LogP contribution in [0.25, 0.3) is 0 Å². The van der Waals surface area contributed by atoms with E-state index in [1.54, 1.807) is 23.3 Å². The third kappa shape index (κ3) is 3.37. The van der Waals surface area contributed by atoms with Gasteiger partial charge in [-0.2, -0.15) is 0 Å². The Kier molecular flexibility index (Phi) is 4.79. The zero-order valence-corrected chi connectivity index (χ0v) is 17.0. The minimum Gasteiger partial charge on any atom is -0.448 e. The van der Waals surface area contributed by atoms with Gasteiger partial charge in [-0.1, -0.05) is 24.3 Å². The molecular weight excluding hydrogens is 378 g/mol. The lowest BCUT2D eigenvalue weighted by atomic mass is 9.76. The Morgan fingerprint density at radius 1 is 1.10 bits per heavy atom. The van der Waals surface area contributed by atoms with Crippen molar-refractivity contribution in [1.82, 2.24) is 4.90 Å². The van der Waals surface area contributed by atoms with Crippen molar-refractivity contribution in [3.63, 3.8) is 0 Å². The minimum absolute atomic E-state index is 0.0508. The van der Waals surface area contributed by atoms with E-state index in [-0.39, 0.29) is 17.7 Å². The molecule has 3 atom stereocenters. The number of likely N-dealkylation sites (tertiary alicyclic amines) is 1. The van der Waals surface area contributed by atoms with Gasteiger partial charge in [-0.15, -0.1) is 0 Å². The van der Waals surface area contributed by atoms with E-state index in [2.05, 4.69) is 17.3 Å². The topological polar surface area (TPSA) is 65.8 Å². The van der Waals surface area contributed by atoms with E-state index in [0.717, 1.165) is 24.4 Å². The van der Waals surface area contributed by atoms with Crippen molar-refractivity contribution in [2.45, 2.75) is 6.42 Å². The number of nitrogens with zero attached hydrogens (tertiary/aromatic N) is 2. The highest BCUT2D eigenvalue weighted by Gasteiger charge is 2.46. The van der Waals surface area contributed by atoms with Gasteiger partial charge in [0.05, 0.1) is 6.26 Å². The van der Waals surface area contributed by atoms with Gasteiger partial charge in [-0.25, -0.2) is 0 Å². The summed E-state index contributed by atoms with van der Waals surface area (Å²) in [6.45, 7) is 2.57. The normalized spacial score (nSPS) is 26.4. The number of nitrogens with one attached hydrogen (secondary N) is 1. The van der Waals surface area contributed by atoms with Crippen LogP contribution in [-0.4, -0.2) is 43.4 Å². The molecule has 2 amide bonds. The standard InChI is InChI=1S/C24H25N3O3/c1-26-13-17-14-27(22-8-5-11-30-22)24(29)20-12-16(9-10-19(20)21(17)15-26)23(28)25-18-6-3-2-4-7-18/h2-9,11-12,17,19,21H,10,13-15H2,1H3,(H,25,28). The Hall–Kier alpha value is -3.12. The first-order valence-corrected chi connectivity index (χ1v) is 10.4. The molecule has 1 aliphatic carbocycles. The molecule has 3 unspecified atom stereocenters. The summed E-state index contributed by atoms with van der Waals surface area (Å²) in [6, 6.07) is 13.0. The van der Waals surface area contributed by atoms with Crippen molar-refractivity contribution in [2.75, 3.05) is 36.9 Å². The molecule has 6 heteroatoms. The number of rotatable bonds is 3. The van der Waals surface area contributed by atoms with E-state index in [9.17, 15) is 9.59 Å². The summed E-state index contributed by atoms with van der Waals surface area (Å²) in [5.74, 6) is 1.23. The molecular formula is C24H25N3O3. The van der Waals surface area contributed by atoms with Gasteiger partial charge in [-0.05, 0) is 55.5 Å². The number of amides is 2. The molecule has 2 saturated heterocycles.